The third-order valence-electron chi connectivity index (χ3n) is 2.17. The molecule has 0 bridgehead atoms. The zero-order valence-electron chi connectivity index (χ0n) is 9.54. The molecule has 18 heavy (non-hydrogen) atoms. The lowest BCUT2D eigenvalue weighted by Gasteiger charge is -2.05. The minimum Gasteiger partial charge on any atom is -0.388 e. The Morgan fingerprint density at radius 3 is 2.94 bits per heavy atom. The summed E-state index contributed by atoms with van der Waals surface area (Å²) in [7, 11) is 0. The molecule has 0 amide bonds. The first-order valence-corrected chi connectivity index (χ1v) is 5.27. The summed E-state index contributed by atoms with van der Waals surface area (Å²) >= 11 is 0. The van der Waals surface area contributed by atoms with E-state index in [2.05, 4.69) is 5.32 Å². The Kier molecular flexibility index (Phi) is 5.22. The quantitative estimate of drug-likeness (QED) is 0.400. The van der Waals surface area contributed by atoms with Gasteiger partial charge in [0.2, 0.25) is 0 Å². The first-order chi connectivity index (χ1) is 8.54. The third kappa shape index (κ3) is 4.11. The molecule has 4 N–H and O–H groups in total. The van der Waals surface area contributed by atoms with Crippen molar-refractivity contribution in [2.24, 2.45) is 5.73 Å². The van der Waals surface area contributed by atoms with Crippen molar-refractivity contribution in [1.82, 2.24) is 0 Å². The second kappa shape index (κ2) is 6.67. The number of nitro benzene ring substituents is 1. The Morgan fingerprint density at radius 2 is 2.33 bits per heavy atom. The topological polar surface area (TPSA) is 101 Å². The highest BCUT2D eigenvalue weighted by Gasteiger charge is 2.13. The van der Waals surface area contributed by atoms with Crippen LogP contribution in [0.3, 0.4) is 0 Å². The van der Waals surface area contributed by atoms with Crippen LogP contribution < -0.4 is 11.1 Å². The van der Waals surface area contributed by atoms with Crippen LogP contribution in [0.5, 0.6) is 0 Å². The van der Waals surface area contributed by atoms with Gasteiger partial charge in [0.1, 0.15) is 11.5 Å². The van der Waals surface area contributed by atoms with Gasteiger partial charge >= 0.3 is 0 Å². The maximum absolute atomic E-state index is 13.0. The van der Waals surface area contributed by atoms with Gasteiger partial charge in [-0.2, -0.15) is 0 Å². The van der Waals surface area contributed by atoms with Crippen molar-refractivity contribution >= 4 is 11.4 Å². The van der Waals surface area contributed by atoms with Crippen molar-refractivity contribution < 1.29 is 14.4 Å². The van der Waals surface area contributed by atoms with Crippen LogP contribution in [0.4, 0.5) is 15.8 Å². The predicted molar refractivity (Wildman–Crippen MR) is 65.7 cm³/mol. The highest BCUT2D eigenvalue weighted by molar-refractivity contribution is 5.61. The normalized spacial score (nSPS) is 12.6. The lowest BCUT2D eigenvalue weighted by molar-refractivity contribution is -0.384. The number of aliphatic hydroxyl groups is 1. The number of hydrogen-bond acceptors (Lipinski definition) is 5. The van der Waals surface area contributed by atoms with E-state index in [0.29, 0.717) is 0 Å². The molecule has 0 radical (unpaired) electrons. The summed E-state index contributed by atoms with van der Waals surface area (Å²) in [6.07, 6.45) is 2.26. The third-order valence-corrected chi connectivity index (χ3v) is 2.17. The number of nitro groups is 1. The van der Waals surface area contributed by atoms with Gasteiger partial charge in [-0.15, -0.1) is 0 Å². The highest BCUT2D eigenvalue weighted by atomic mass is 19.1. The zero-order valence-corrected chi connectivity index (χ0v) is 9.54. The van der Waals surface area contributed by atoms with E-state index in [0.717, 1.165) is 18.2 Å². The van der Waals surface area contributed by atoms with Gasteiger partial charge in [-0.25, -0.2) is 4.39 Å². The molecule has 6 nitrogen and oxygen atoms in total. The van der Waals surface area contributed by atoms with Gasteiger partial charge in [0.05, 0.1) is 11.0 Å². The van der Waals surface area contributed by atoms with Crippen molar-refractivity contribution in [1.29, 1.82) is 0 Å². The van der Waals surface area contributed by atoms with E-state index in [1.807, 2.05) is 0 Å². The van der Waals surface area contributed by atoms with Gasteiger partial charge in [-0.05, 0) is 6.07 Å². The minimum atomic E-state index is -0.755. The SMILES string of the molecule is NC[C@H](O)C=CCNc1cc(F)ccc1[N+](=O)[O-]. The molecule has 98 valence electrons. The molecule has 1 aromatic carbocycles. The van der Waals surface area contributed by atoms with Gasteiger partial charge in [-0.1, -0.05) is 12.2 Å². The van der Waals surface area contributed by atoms with Crippen molar-refractivity contribution in [3.63, 3.8) is 0 Å². The minimum absolute atomic E-state index is 0.0897. The maximum Gasteiger partial charge on any atom is 0.292 e. The number of anilines is 1. The number of aliphatic hydroxyl groups excluding tert-OH is 1. The number of nitrogens with one attached hydrogen (secondary N) is 1. The predicted octanol–water partition coefficient (Wildman–Crippen LogP) is 1.02. The van der Waals surface area contributed by atoms with E-state index in [9.17, 15) is 14.5 Å². The molecule has 0 fully saturated rings. The van der Waals surface area contributed by atoms with Gasteiger partial charge in [-0.3, -0.25) is 10.1 Å². The fourth-order valence-corrected chi connectivity index (χ4v) is 1.28. The van der Waals surface area contributed by atoms with E-state index in [4.69, 9.17) is 10.8 Å². The molecule has 0 spiro atoms. The summed E-state index contributed by atoms with van der Waals surface area (Å²) in [5.74, 6) is -0.561. The second-order valence-electron chi connectivity index (χ2n) is 3.53. The van der Waals surface area contributed by atoms with Crippen LogP contribution in [0.2, 0.25) is 0 Å². The summed E-state index contributed by atoms with van der Waals surface area (Å²) in [5.41, 5.74) is 5.07. The Morgan fingerprint density at radius 1 is 1.61 bits per heavy atom. The Bertz CT molecular complexity index is 451. The van der Waals surface area contributed by atoms with E-state index in [-0.39, 0.29) is 24.5 Å². The summed E-state index contributed by atoms with van der Waals surface area (Å²) in [6, 6.07) is 3.17. The number of halogens is 1. The molecular formula is C11H14FN3O3. The first kappa shape index (κ1) is 14.1. The largest absolute Gasteiger partial charge is 0.388 e. The number of rotatable bonds is 6. The highest BCUT2D eigenvalue weighted by Crippen LogP contribution is 2.24. The number of hydrogen-bond donors (Lipinski definition) is 3. The smallest absolute Gasteiger partial charge is 0.292 e. The number of nitrogens with two attached hydrogens (primary N) is 1. The van der Waals surface area contributed by atoms with E-state index >= 15 is 0 Å². The fraction of sp³-hybridized carbons (Fsp3) is 0.273. The molecule has 0 aromatic heterocycles. The van der Waals surface area contributed by atoms with Crippen LogP contribution in [0.25, 0.3) is 0 Å². The lowest BCUT2D eigenvalue weighted by Crippen LogP contribution is -2.17. The van der Waals surface area contributed by atoms with Gasteiger partial charge in [0, 0.05) is 25.2 Å². The molecule has 0 aliphatic heterocycles. The Balaban J connectivity index is 2.69. The number of nitrogens with zero attached hydrogens (tertiary/aromatic N) is 1. The van der Waals surface area contributed by atoms with Crippen LogP contribution in [0, 0.1) is 15.9 Å². The van der Waals surface area contributed by atoms with Crippen molar-refractivity contribution in [2.45, 2.75) is 6.10 Å². The average Bonchev–Trinajstić information content (AvgIpc) is 2.34. The van der Waals surface area contributed by atoms with Crippen molar-refractivity contribution in [3.05, 3.63) is 46.3 Å². The van der Waals surface area contributed by atoms with E-state index in [1.165, 1.54) is 6.08 Å². The van der Waals surface area contributed by atoms with Gasteiger partial charge in [0.15, 0.2) is 0 Å². The summed E-state index contributed by atoms with van der Waals surface area (Å²) in [5, 5.41) is 22.5. The lowest BCUT2D eigenvalue weighted by atomic mass is 10.2. The molecule has 1 rings (SSSR count). The number of benzene rings is 1. The van der Waals surface area contributed by atoms with Gasteiger partial charge in [0.25, 0.3) is 5.69 Å². The Labute approximate surface area is 103 Å². The monoisotopic (exact) mass is 255 g/mol. The second-order valence-corrected chi connectivity index (χ2v) is 3.53. The zero-order chi connectivity index (χ0) is 13.5. The molecular weight excluding hydrogens is 241 g/mol. The maximum atomic E-state index is 13.0. The van der Waals surface area contributed by atoms with E-state index < -0.39 is 16.8 Å². The van der Waals surface area contributed by atoms with Crippen LogP contribution in [-0.2, 0) is 0 Å². The summed E-state index contributed by atoms with van der Waals surface area (Å²) < 4.78 is 13.0. The average molecular weight is 255 g/mol. The molecule has 1 aromatic rings. The molecule has 0 saturated carbocycles. The Hall–Kier alpha value is -1.99. The van der Waals surface area contributed by atoms with Crippen molar-refractivity contribution in [3.8, 4) is 0 Å². The molecule has 0 aliphatic rings. The van der Waals surface area contributed by atoms with Crippen LogP contribution in [0.15, 0.2) is 30.4 Å². The molecule has 0 saturated heterocycles. The summed E-state index contributed by atoms with van der Waals surface area (Å²) in [6.45, 7) is 0.317. The standard InChI is InChI=1S/C11H14FN3O3/c12-8-3-4-11(15(17)18)10(6-8)14-5-1-2-9(16)7-13/h1-4,6,9,14,16H,5,7,13H2/t9-/m1/s1. The first-order valence-electron chi connectivity index (χ1n) is 5.27. The molecule has 1 atom stereocenters. The molecule has 0 heterocycles. The van der Waals surface area contributed by atoms with Crippen LogP contribution >= 0.6 is 0 Å². The van der Waals surface area contributed by atoms with Crippen LogP contribution in [-0.4, -0.2) is 29.2 Å². The van der Waals surface area contributed by atoms with Crippen molar-refractivity contribution in [2.75, 3.05) is 18.4 Å². The summed E-state index contributed by atoms with van der Waals surface area (Å²) in [4.78, 5) is 10.1. The molecule has 7 heteroatoms. The van der Waals surface area contributed by atoms with E-state index in [1.54, 1.807) is 6.08 Å². The fourth-order valence-electron chi connectivity index (χ4n) is 1.28. The van der Waals surface area contributed by atoms with Crippen LogP contribution in [0.1, 0.15) is 0 Å². The van der Waals surface area contributed by atoms with Gasteiger partial charge < -0.3 is 16.2 Å². The molecule has 0 aliphatic carbocycles. The molecule has 0 unspecified atom stereocenters.